The molecule has 0 aliphatic rings. The highest BCUT2D eigenvalue weighted by molar-refractivity contribution is 6.30. The number of likely N-dealkylation sites (N-methyl/N-ethyl adjacent to an activating group) is 1. The first-order chi connectivity index (χ1) is 13.8. The van der Waals surface area contributed by atoms with Crippen LogP contribution in [0.2, 0.25) is 5.02 Å². The highest BCUT2D eigenvalue weighted by Crippen LogP contribution is 2.18. The van der Waals surface area contributed by atoms with Gasteiger partial charge in [-0.25, -0.2) is 0 Å². The monoisotopic (exact) mass is 416 g/mol. The molecule has 5 nitrogen and oxygen atoms in total. The van der Waals surface area contributed by atoms with Gasteiger partial charge in [0, 0.05) is 18.1 Å². The number of benzene rings is 2. The number of ether oxygens (including phenoxy) is 1. The fourth-order valence-electron chi connectivity index (χ4n) is 3.03. The van der Waals surface area contributed by atoms with Crippen molar-refractivity contribution in [2.45, 2.75) is 46.7 Å². The predicted octanol–water partition coefficient (Wildman–Crippen LogP) is 4.28. The van der Waals surface area contributed by atoms with Gasteiger partial charge in [-0.15, -0.1) is 0 Å². The zero-order chi connectivity index (χ0) is 21.4. The van der Waals surface area contributed by atoms with E-state index < -0.39 is 6.04 Å². The number of hydrogen-bond donors (Lipinski definition) is 1. The first-order valence-corrected chi connectivity index (χ1v) is 10.2. The Bertz CT molecular complexity index is 837. The number of nitrogens with one attached hydrogen (secondary N) is 1. The fourth-order valence-corrected chi connectivity index (χ4v) is 3.16. The highest BCUT2D eigenvalue weighted by atomic mass is 35.5. The Kier molecular flexibility index (Phi) is 8.52. The molecular formula is C23H29ClN2O3. The largest absolute Gasteiger partial charge is 0.484 e. The maximum absolute atomic E-state index is 13.0. The second kappa shape index (κ2) is 10.9. The van der Waals surface area contributed by atoms with Crippen molar-refractivity contribution >= 4 is 23.4 Å². The molecule has 1 N–H and O–H groups in total. The van der Waals surface area contributed by atoms with Gasteiger partial charge in [-0.2, -0.15) is 0 Å². The minimum atomic E-state index is -0.568. The second-order valence-corrected chi connectivity index (χ2v) is 7.44. The lowest BCUT2D eigenvalue weighted by Crippen LogP contribution is -2.50. The van der Waals surface area contributed by atoms with Crippen LogP contribution >= 0.6 is 11.6 Å². The Morgan fingerprint density at radius 2 is 1.76 bits per heavy atom. The van der Waals surface area contributed by atoms with Gasteiger partial charge in [0.15, 0.2) is 6.61 Å². The van der Waals surface area contributed by atoms with Gasteiger partial charge in [0.25, 0.3) is 5.91 Å². The molecule has 0 aliphatic heterocycles. The summed E-state index contributed by atoms with van der Waals surface area (Å²) in [5.74, 6) is 0.235. The molecule has 0 saturated heterocycles. The Balaban J connectivity index is 2.19. The first kappa shape index (κ1) is 22.8. The normalized spacial score (nSPS) is 11.6. The van der Waals surface area contributed by atoms with E-state index in [0.717, 1.165) is 16.7 Å². The molecule has 0 saturated carbocycles. The van der Waals surface area contributed by atoms with Crippen molar-refractivity contribution in [1.29, 1.82) is 0 Å². The van der Waals surface area contributed by atoms with Gasteiger partial charge >= 0.3 is 0 Å². The molecule has 0 spiro atoms. The molecule has 0 bridgehead atoms. The number of nitrogens with zero attached hydrogens (tertiary/aromatic N) is 1. The number of carbonyl (C=O) groups is 2. The number of amides is 2. The number of rotatable bonds is 9. The molecule has 2 rings (SSSR count). The van der Waals surface area contributed by atoms with E-state index in [9.17, 15) is 9.59 Å². The highest BCUT2D eigenvalue weighted by Gasteiger charge is 2.28. The molecule has 1 atom stereocenters. The molecule has 1 unspecified atom stereocenters. The number of halogens is 1. The van der Waals surface area contributed by atoms with Crippen LogP contribution in [-0.2, 0) is 16.1 Å². The number of aryl methyl sites for hydroxylation is 2. The average Bonchev–Trinajstić information content (AvgIpc) is 2.70. The van der Waals surface area contributed by atoms with Crippen molar-refractivity contribution in [2.24, 2.45) is 0 Å². The summed E-state index contributed by atoms with van der Waals surface area (Å²) in [7, 11) is 0. The van der Waals surface area contributed by atoms with Crippen LogP contribution in [0.4, 0.5) is 0 Å². The molecular weight excluding hydrogens is 388 g/mol. The van der Waals surface area contributed by atoms with Crippen molar-refractivity contribution in [3.8, 4) is 5.75 Å². The lowest BCUT2D eigenvalue weighted by Gasteiger charge is -2.30. The van der Waals surface area contributed by atoms with Crippen molar-refractivity contribution < 1.29 is 14.3 Å². The maximum Gasteiger partial charge on any atom is 0.261 e. The number of carbonyl (C=O) groups excluding carboxylic acids is 2. The molecule has 29 heavy (non-hydrogen) atoms. The van der Waals surface area contributed by atoms with Gasteiger partial charge in [0.1, 0.15) is 11.8 Å². The zero-order valence-electron chi connectivity index (χ0n) is 17.5. The van der Waals surface area contributed by atoms with E-state index in [4.69, 9.17) is 16.3 Å². The molecule has 0 fully saturated rings. The molecule has 0 radical (unpaired) electrons. The third kappa shape index (κ3) is 6.50. The SMILES string of the molecule is CCNC(=O)C(CC)N(Cc1ccc(Cl)cc1)C(=O)COc1ccc(C)c(C)c1. The molecule has 0 aliphatic carbocycles. The van der Waals surface area contributed by atoms with E-state index in [-0.39, 0.29) is 18.4 Å². The van der Waals surface area contributed by atoms with Crippen molar-refractivity contribution in [3.63, 3.8) is 0 Å². The standard InChI is InChI=1S/C23H29ClN2O3/c1-5-21(23(28)25-6-2)26(14-18-8-10-19(24)11-9-18)22(27)15-29-20-12-7-16(3)17(4)13-20/h7-13,21H,5-6,14-15H2,1-4H3,(H,25,28). The summed E-state index contributed by atoms with van der Waals surface area (Å²) >= 11 is 5.97. The van der Waals surface area contributed by atoms with Crippen LogP contribution < -0.4 is 10.1 Å². The summed E-state index contributed by atoms with van der Waals surface area (Å²) in [4.78, 5) is 27.2. The molecule has 2 amide bonds. The summed E-state index contributed by atoms with van der Waals surface area (Å²) in [5, 5.41) is 3.44. The maximum atomic E-state index is 13.0. The first-order valence-electron chi connectivity index (χ1n) is 9.87. The van der Waals surface area contributed by atoms with Gasteiger partial charge in [0.2, 0.25) is 5.91 Å². The van der Waals surface area contributed by atoms with Gasteiger partial charge in [0.05, 0.1) is 0 Å². The zero-order valence-corrected chi connectivity index (χ0v) is 18.3. The van der Waals surface area contributed by atoms with Gasteiger partial charge in [-0.1, -0.05) is 36.7 Å². The average molecular weight is 417 g/mol. The smallest absolute Gasteiger partial charge is 0.261 e. The van der Waals surface area contributed by atoms with Crippen LogP contribution in [0.5, 0.6) is 5.75 Å². The summed E-state index contributed by atoms with van der Waals surface area (Å²) < 4.78 is 5.73. The van der Waals surface area contributed by atoms with E-state index in [1.807, 2.05) is 58.0 Å². The van der Waals surface area contributed by atoms with Crippen LogP contribution in [0, 0.1) is 13.8 Å². The number of hydrogen-bond acceptors (Lipinski definition) is 3. The van der Waals surface area contributed by atoms with Crippen LogP contribution in [-0.4, -0.2) is 35.9 Å². The summed E-state index contributed by atoms with van der Waals surface area (Å²) in [5.41, 5.74) is 3.16. The lowest BCUT2D eigenvalue weighted by molar-refractivity contribution is -0.142. The second-order valence-electron chi connectivity index (χ2n) is 7.00. The van der Waals surface area contributed by atoms with Crippen molar-refractivity contribution in [3.05, 3.63) is 64.2 Å². The molecule has 2 aromatic rings. The van der Waals surface area contributed by atoms with Crippen LogP contribution in [0.1, 0.15) is 37.0 Å². The van der Waals surface area contributed by atoms with E-state index in [2.05, 4.69) is 5.32 Å². The minimum Gasteiger partial charge on any atom is -0.484 e. The molecule has 0 aromatic heterocycles. The third-order valence-corrected chi connectivity index (χ3v) is 5.10. The van der Waals surface area contributed by atoms with E-state index >= 15 is 0 Å². The Hall–Kier alpha value is -2.53. The predicted molar refractivity (Wildman–Crippen MR) is 116 cm³/mol. The van der Waals surface area contributed by atoms with E-state index in [1.165, 1.54) is 0 Å². The van der Waals surface area contributed by atoms with Crippen molar-refractivity contribution in [1.82, 2.24) is 10.2 Å². The van der Waals surface area contributed by atoms with Gasteiger partial charge in [-0.05, 0) is 68.1 Å². The Morgan fingerprint density at radius 3 is 2.34 bits per heavy atom. The van der Waals surface area contributed by atoms with Crippen LogP contribution in [0.15, 0.2) is 42.5 Å². The Labute approximate surface area is 178 Å². The van der Waals surface area contributed by atoms with Crippen LogP contribution in [0.3, 0.4) is 0 Å². The Morgan fingerprint density at radius 1 is 1.07 bits per heavy atom. The van der Waals surface area contributed by atoms with Gasteiger partial charge in [-0.3, -0.25) is 9.59 Å². The van der Waals surface area contributed by atoms with E-state index in [0.29, 0.717) is 30.3 Å². The molecule has 156 valence electrons. The minimum absolute atomic E-state index is 0.133. The summed E-state index contributed by atoms with van der Waals surface area (Å²) in [6, 6.07) is 12.4. The van der Waals surface area contributed by atoms with Crippen molar-refractivity contribution in [2.75, 3.05) is 13.2 Å². The fraction of sp³-hybridized carbons (Fsp3) is 0.391. The molecule has 6 heteroatoms. The lowest BCUT2D eigenvalue weighted by atomic mass is 10.1. The summed E-state index contributed by atoms with van der Waals surface area (Å²) in [6.45, 7) is 8.46. The molecule has 2 aromatic carbocycles. The van der Waals surface area contributed by atoms with Crippen LogP contribution in [0.25, 0.3) is 0 Å². The topological polar surface area (TPSA) is 58.6 Å². The van der Waals surface area contributed by atoms with E-state index in [1.54, 1.807) is 17.0 Å². The third-order valence-electron chi connectivity index (χ3n) is 4.84. The molecule has 0 heterocycles. The summed E-state index contributed by atoms with van der Waals surface area (Å²) in [6.07, 6.45) is 0.509. The van der Waals surface area contributed by atoms with Gasteiger partial charge < -0.3 is 15.0 Å². The quantitative estimate of drug-likeness (QED) is 0.663.